The molecule has 2 atom stereocenters. The van der Waals surface area contributed by atoms with Crippen LogP contribution in [0.1, 0.15) is 138 Å². The van der Waals surface area contributed by atoms with E-state index in [1.807, 2.05) is 22.7 Å². The third kappa shape index (κ3) is 9.38. The molecule has 0 saturated heterocycles. The highest BCUT2D eigenvalue weighted by molar-refractivity contribution is 7.19. The Morgan fingerprint density at radius 2 is 0.925 bits per heavy atom. The lowest BCUT2D eigenvalue weighted by Crippen LogP contribution is -2.31. The van der Waals surface area contributed by atoms with Crippen LogP contribution in [0.2, 0.25) is 0 Å². The van der Waals surface area contributed by atoms with Crippen molar-refractivity contribution in [1.82, 2.24) is 9.97 Å². The molecule has 8 aromatic rings. The summed E-state index contributed by atoms with van der Waals surface area (Å²) < 4.78 is 0. The summed E-state index contributed by atoms with van der Waals surface area (Å²) in [5, 5.41) is 0. The Kier molecular flexibility index (Phi) is 14.4. The van der Waals surface area contributed by atoms with Gasteiger partial charge in [-0.25, -0.2) is 9.97 Å². The normalized spacial score (nSPS) is 15.2. The van der Waals surface area contributed by atoms with Gasteiger partial charge in [-0.15, -0.1) is 22.7 Å². The van der Waals surface area contributed by atoms with Gasteiger partial charge in [0.05, 0.1) is 22.4 Å². The fourth-order valence-electron chi connectivity index (χ4n) is 11.1. The molecule has 3 aromatic heterocycles. The molecule has 0 spiro atoms. The van der Waals surface area contributed by atoms with Gasteiger partial charge in [0.25, 0.3) is 0 Å². The van der Waals surface area contributed by atoms with Crippen LogP contribution < -0.4 is 0 Å². The summed E-state index contributed by atoms with van der Waals surface area (Å²) >= 11 is 3.72. The van der Waals surface area contributed by atoms with E-state index in [1.54, 1.807) is 11.1 Å². The number of benzene rings is 5. The summed E-state index contributed by atoms with van der Waals surface area (Å²) in [6, 6.07) is 46.6. The number of rotatable bonds is 19. The lowest BCUT2D eigenvalue weighted by Gasteiger charge is -2.39. The summed E-state index contributed by atoms with van der Waals surface area (Å²) in [5.74, 6) is 1.39. The molecule has 0 bridgehead atoms. The molecule has 0 saturated carbocycles. The van der Waals surface area contributed by atoms with E-state index in [0.29, 0.717) is 11.8 Å². The molecule has 5 aromatic carbocycles. The zero-order valence-electron chi connectivity index (χ0n) is 41.4. The van der Waals surface area contributed by atoms with Gasteiger partial charge in [0.1, 0.15) is 0 Å². The van der Waals surface area contributed by atoms with E-state index in [2.05, 4.69) is 177 Å². The molecule has 0 amide bonds. The van der Waals surface area contributed by atoms with Gasteiger partial charge in [0.15, 0.2) is 0 Å². The monoisotopic (exact) mass is 918 g/mol. The van der Waals surface area contributed by atoms with E-state index < -0.39 is 0 Å². The smallest absolute Gasteiger partial charge is 0.0988 e. The highest BCUT2D eigenvalue weighted by Gasteiger charge is 2.45. The quantitative estimate of drug-likeness (QED) is 0.0808. The first-order valence-electron chi connectivity index (χ1n) is 25.7. The van der Waals surface area contributed by atoms with Crippen molar-refractivity contribution in [1.29, 1.82) is 0 Å². The van der Waals surface area contributed by atoms with Gasteiger partial charge in [-0.05, 0) is 121 Å². The Bertz CT molecular complexity index is 2950. The van der Waals surface area contributed by atoms with E-state index in [4.69, 9.17) is 9.97 Å². The zero-order valence-corrected chi connectivity index (χ0v) is 43.0. The molecule has 67 heavy (non-hydrogen) atoms. The van der Waals surface area contributed by atoms with Crippen LogP contribution in [0.15, 0.2) is 121 Å². The second kappa shape index (κ2) is 20.6. The van der Waals surface area contributed by atoms with Gasteiger partial charge in [-0.1, -0.05) is 189 Å². The van der Waals surface area contributed by atoms with Gasteiger partial charge < -0.3 is 0 Å². The molecule has 0 aliphatic heterocycles. The van der Waals surface area contributed by atoms with Crippen molar-refractivity contribution in [2.24, 2.45) is 11.8 Å². The average molecular weight is 919 g/mol. The van der Waals surface area contributed by atoms with Crippen LogP contribution in [0.4, 0.5) is 0 Å². The van der Waals surface area contributed by atoms with Crippen molar-refractivity contribution < 1.29 is 0 Å². The standard InChI is InChI=1S/C63H70N2S2/c1-9-15-17-45(13-5)39-63(40-46(14-6)18-16-10-2)54-37-41(7)19-30-50(54)51-31-29-49(38-55(51)63)56-35-36-58(67-56)53-33-32-52(57-34-20-42(8)66-57)61-62(53)65-60(48-27-23-44(12-4)24-28-48)59(64-61)47-25-21-43(11-3)22-26-47/h19-38,45-46H,9-18,39-40H2,1-8H3. The molecule has 4 heteroatoms. The third-order valence-electron chi connectivity index (χ3n) is 15.1. The first kappa shape index (κ1) is 46.9. The van der Waals surface area contributed by atoms with Crippen molar-refractivity contribution >= 4 is 33.7 Å². The third-order valence-corrected chi connectivity index (χ3v) is 17.3. The molecule has 1 aliphatic carbocycles. The lowest BCUT2D eigenvalue weighted by atomic mass is 9.65. The zero-order chi connectivity index (χ0) is 46.7. The molecule has 0 N–H and O–H groups in total. The van der Waals surface area contributed by atoms with E-state index in [9.17, 15) is 0 Å². The van der Waals surface area contributed by atoms with Crippen LogP contribution in [-0.2, 0) is 18.3 Å². The molecule has 344 valence electrons. The van der Waals surface area contributed by atoms with Crippen molar-refractivity contribution in [3.63, 3.8) is 0 Å². The molecule has 9 rings (SSSR count). The minimum absolute atomic E-state index is 0.00229. The molecule has 3 heterocycles. The van der Waals surface area contributed by atoms with Gasteiger partial charge in [-0.3, -0.25) is 0 Å². The van der Waals surface area contributed by atoms with Crippen LogP contribution in [0.3, 0.4) is 0 Å². The van der Waals surface area contributed by atoms with Gasteiger partial charge >= 0.3 is 0 Å². The average Bonchev–Trinajstić information content (AvgIpc) is 4.10. The second-order valence-electron chi connectivity index (χ2n) is 19.6. The Morgan fingerprint density at radius 1 is 0.463 bits per heavy atom. The van der Waals surface area contributed by atoms with Crippen LogP contribution in [0, 0.1) is 25.7 Å². The molecule has 2 nitrogen and oxygen atoms in total. The maximum atomic E-state index is 5.73. The van der Waals surface area contributed by atoms with Gasteiger partial charge in [0.2, 0.25) is 0 Å². The summed E-state index contributed by atoms with van der Waals surface area (Å²) in [6.07, 6.45) is 14.7. The van der Waals surface area contributed by atoms with Crippen molar-refractivity contribution in [3.8, 4) is 65.0 Å². The summed E-state index contributed by atoms with van der Waals surface area (Å²) in [7, 11) is 0. The van der Waals surface area contributed by atoms with E-state index >= 15 is 0 Å². The molecule has 0 radical (unpaired) electrons. The Labute approximate surface area is 410 Å². The molecule has 2 unspecified atom stereocenters. The topological polar surface area (TPSA) is 25.8 Å². The fourth-order valence-corrected chi connectivity index (χ4v) is 13.0. The predicted octanol–water partition coefficient (Wildman–Crippen LogP) is 19.3. The van der Waals surface area contributed by atoms with Crippen molar-refractivity contribution in [2.45, 2.75) is 138 Å². The number of fused-ring (bicyclic) bond motifs is 4. The molecular formula is C63H70N2S2. The van der Waals surface area contributed by atoms with E-state index in [0.717, 1.165) is 57.5 Å². The maximum Gasteiger partial charge on any atom is 0.0988 e. The Balaban J connectivity index is 1.21. The number of aryl methyl sites for hydroxylation is 4. The molecule has 0 fully saturated rings. The van der Waals surface area contributed by atoms with E-state index in [-0.39, 0.29) is 5.41 Å². The second-order valence-corrected chi connectivity index (χ2v) is 22.0. The first-order chi connectivity index (χ1) is 32.7. The SMILES string of the molecule is CCCCC(CC)CC1(CC(CC)CCCC)c2cc(C)ccc2-c2ccc(-c3ccc(-c4ccc(-c5ccc(C)s5)c5nc(-c6ccc(CC)cc6)c(-c6ccc(CC)cc6)nc45)s3)cc21. The fraction of sp³-hybridized carbons (Fsp3) is 0.365. The van der Waals surface area contributed by atoms with Crippen LogP contribution in [-0.4, -0.2) is 9.97 Å². The summed E-state index contributed by atoms with van der Waals surface area (Å²) in [5.41, 5.74) is 19.6. The number of hydrogen-bond donors (Lipinski definition) is 0. The number of nitrogens with zero attached hydrogens (tertiary/aromatic N) is 2. The Morgan fingerprint density at radius 3 is 1.42 bits per heavy atom. The predicted molar refractivity (Wildman–Crippen MR) is 293 cm³/mol. The lowest BCUT2D eigenvalue weighted by molar-refractivity contribution is 0.266. The summed E-state index contributed by atoms with van der Waals surface area (Å²) in [6.45, 7) is 18.5. The highest BCUT2D eigenvalue weighted by Crippen LogP contribution is 2.57. The number of thiophene rings is 2. The van der Waals surface area contributed by atoms with Crippen molar-refractivity contribution in [3.05, 3.63) is 154 Å². The van der Waals surface area contributed by atoms with E-state index in [1.165, 1.54) is 117 Å². The minimum Gasteiger partial charge on any atom is -0.243 e. The van der Waals surface area contributed by atoms with Gasteiger partial charge in [-0.2, -0.15) is 0 Å². The first-order valence-corrected chi connectivity index (χ1v) is 27.3. The van der Waals surface area contributed by atoms with Crippen LogP contribution in [0.25, 0.3) is 76.0 Å². The van der Waals surface area contributed by atoms with Crippen LogP contribution in [0.5, 0.6) is 0 Å². The molecule has 1 aliphatic rings. The number of aromatic nitrogens is 2. The number of hydrogen-bond acceptors (Lipinski definition) is 4. The summed E-state index contributed by atoms with van der Waals surface area (Å²) in [4.78, 5) is 16.5. The number of unbranched alkanes of at least 4 members (excludes halogenated alkanes) is 2. The largest absolute Gasteiger partial charge is 0.243 e. The Hall–Kier alpha value is -5.16. The minimum atomic E-state index is -0.00229. The van der Waals surface area contributed by atoms with Gasteiger partial charge in [0, 0.05) is 47.2 Å². The maximum absolute atomic E-state index is 5.73. The van der Waals surface area contributed by atoms with Crippen molar-refractivity contribution in [2.75, 3.05) is 0 Å². The molecular weight excluding hydrogens is 849 g/mol. The van der Waals surface area contributed by atoms with Crippen LogP contribution >= 0.6 is 22.7 Å². The highest BCUT2D eigenvalue weighted by atomic mass is 32.1.